The first-order valence-corrected chi connectivity index (χ1v) is 13.1. The van der Waals surface area contributed by atoms with Gasteiger partial charge in [-0.25, -0.2) is 4.98 Å². The third kappa shape index (κ3) is 4.43. The van der Waals surface area contributed by atoms with Crippen LogP contribution in [0.5, 0.6) is 0 Å². The Kier molecular flexibility index (Phi) is 6.08. The van der Waals surface area contributed by atoms with Crippen molar-refractivity contribution < 1.29 is 4.79 Å². The predicted octanol–water partition coefficient (Wildman–Crippen LogP) is 3.56. The van der Waals surface area contributed by atoms with E-state index in [2.05, 4.69) is 37.3 Å². The number of nitrogens with one attached hydrogen (secondary N) is 1. The number of amides is 1. The summed E-state index contributed by atoms with van der Waals surface area (Å²) >= 11 is 0. The zero-order valence-corrected chi connectivity index (χ0v) is 20.8. The summed E-state index contributed by atoms with van der Waals surface area (Å²) in [6.45, 7) is 2.01. The molecule has 0 unspecified atom stereocenters. The summed E-state index contributed by atoms with van der Waals surface area (Å²) in [5.74, 6) is 2.34. The molecule has 3 fully saturated rings. The van der Waals surface area contributed by atoms with Crippen LogP contribution in [0.1, 0.15) is 66.1 Å². The molecule has 2 atom stereocenters. The number of hydrogen-bond donors (Lipinski definition) is 2. The molecule has 3 N–H and O–H groups in total. The highest BCUT2D eigenvalue weighted by atomic mass is 16.2. The van der Waals surface area contributed by atoms with Gasteiger partial charge in [-0.3, -0.25) is 14.5 Å². The molecule has 1 saturated carbocycles. The van der Waals surface area contributed by atoms with Gasteiger partial charge in [0.2, 0.25) is 0 Å². The van der Waals surface area contributed by atoms with Crippen molar-refractivity contribution >= 4 is 23.2 Å². The van der Waals surface area contributed by atoms with Crippen LogP contribution < -0.4 is 16.0 Å². The summed E-state index contributed by atoms with van der Waals surface area (Å²) in [6, 6.07) is 8.73. The predicted molar refractivity (Wildman–Crippen MR) is 139 cm³/mol. The molecular formula is C27H34N8O. The standard InChI is InChI=1S/C27H34N8O/c1-33-17-21(15-30-33)31-26-22(14-28)29-16-25(32-26)34-12-2-5-24-23(34)4-3-13-35(24)27(36)20-10-8-19(9-11-20)18-6-7-18/h8-11,15-18,23-24H,2-7,12-14,28H2,1H3,(H,31,32)/t23-,24-/m0/s1. The van der Waals surface area contributed by atoms with Gasteiger partial charge >= 0.3 is 0 Å². The monoisotopic (exact) mass is 486 g/mol. The Balaban J connectivity index is 1.23. The maximum atomic E-state index is 13.6. The average molecular weight is 487 g/mol. The number of likely N-dealkylation sites (tertiary alicyclic amines) is 1. The van der Waals surface area contributed by atoms with Gasteiger partial charge in [0.25, 0.3) is 5.91 Å². The van der Waals surface area contributed by atoms with E-state index >= 15 is 0 Å². The molecule has 2 aromatic heterocycles. The first-order chi connectivity index (χ1) is 17.6. The van der Waals surface area contributed by atoms with Gasteiger partial charge in [0, 0.05) is 38.4 Å². The van der Waals surface area contributed by atoms with Crippen molar-refractivity contribution in [2.24, 2.45) is 12.8 Å². The minimum atomic E-state index is 0.150. The molecule has 3 aliphatic rings. The Bertz CT molecular complexity index is 1230. The lowest BCUT2D eigenvalue weighted by atomic mass is 9.87. The van der Waals surface area contributed by atoms with Crippen LogP contribution in [0, 0.1) is 0 Å². The molecule has 0 spiro atoms. The molecule has 1 aromatic carbocycles. The van der Waals surface area contributed by atoms with Gasteiger partial charge in [0.15, 0.2) is 5.82 Å². The van der Waals surface area contributed by atoms with Crippen molar-refractivity contribution in [1.29, 1.82) is 0 Å². The lowest BCUT2D eigenvalue weighted by Crippen LogP contribution is -2.60. The van der Waals surface area contributed by atoms with E-state index in [0.717, 1.165) is 55.8 Å². The van der Waals surface area contributed by atoms with E-state index in [4.69, 9.17) is 10.7 Å². The second-order valence-corrected chi connectivity index (χ2v) is 10.3. The first-order valence-electron chi connectivity index (χ1n) is 13.1. The fourth-order valence-electron chi connectivity index (χ4n) is 5.82. The number of benzene rings is 1. The fourth-order valence-corrected chi connectivity index (χ4v) is 5.82. The van der Waals surface area contributed by atoms with Crippen molar-refractivity contribution in [2.75, 3.05) is 23.3 Å². The number of carbonyl (C=O) groups is 1. The quantitative estimate of drug-likeness (QED) is 0.549. The lowest BCUT2D eigenvalue weighted by molar-refractivity contribution is 0.0524. The second kappa shape index (κ2) is 9.54. The molecule has 3 aromatic rings. The van der Waals surface area contributed by atoms with Crippen LogP contribution in [0.25, 0.3) is 0 Å². The van der Waals surface area contributed by atoms with E-state index < -0.39 is 0 Å². The lowest BCUT2D eigenvalue weighted by Gasteiger charge is -2.49. The number of aromatic nitrogens is 4. The number of nitrogens with two attached hydrogens (primary N) is 1. The molecule has 1 amide bonds. The van der Waals surface area contributed by atoms with Crippen LogP contribution in [-0.4, -0.2) is 55.7 Å². The Hall–Kier alpha value is -3.46. The van der Waals surface area contributed by atoms with Gasteiger partial charge in [0.1, 0.15) is 5.82 Å². The van der Waals surface area contributed by atoms with E-state index in [1.54, 1.807) is 10.9 Å². The summed E-state index contributed by atoms with van der Waals surface area (Å²) in [4.78, 5) is 27.6. The Morgan fingerprint density at radius 2 is 1.83 bits per heavy atom. The summed E-state index contributed by atoms with van der Waals surface area (Å²) < 4.78 is 1.74. The van der Waals surface area contributed by atoms with Crippen LogP contribution in [-0.2, 0) is 13.6 Å². The molecular weight excluding hydrogens is 452 g/mol. The van der Waals surface area contributed by atoms with Crippen LogP contribution in [0.15, 0.2) is 42.9 Å². The molecule has 36 heavy (non-hydrogen) atoms. The zero-order valence-electron chi connectivity index (χ0n) is 20.8. The molecule has 2 saturated heterocycles. The van der Waals surface area contributed by atoms with Crippen molar-refractivity contribution in [3.63, 3.8) is 0 Å². The molecule has 0 radical (unpaired) electrons. The number of hydrogen-bond acceptors (Lipinski definition) is 7. The van der Waals surface area contributed by atoms with Crippen LogP contribution >= 0.6 is 0 Å². The van der Waals surface area contributed by atoms with E-state index in [1.807, 2.05) is 31.6 Å². The summed E-state index contributed by atoms with van der Waals surface area (Å²) in [7, 11) is 1.88. The molecule has 4 heterocycles. The minimum absolute atomic E-state index is 0.150. The summed E-state index contributed by atoms with van der Waals surface area (Å²) in [6.07, 6.45) is 12.1. The third-order valence-electron chi connectivity index (χ3n) is 7.80. The van der Waals surface area contributed by atoms with Gasteiger partial charge in [-0.2, -0.15) is 5.10 Å². The molecule has 0 bridgehead atoms. The molecule has 9 nitrogen and oxygen atoms in total. The van der Waals surface area contributed by atoms with Gasteiger partial charge < -0.3 is 20.9 Å². The molecule has 1 aliphatic carbocycles. The molecule has 6 rings (SSSR count). The summed E-state index contributed by atoms with van der Waals surface area (Å²) in [5, 5.41) is 7.56. The maximum Gasteiger partial charge on any atom is 0.254 e. The molecule has 2 aliphatic heterocycles. The van der Waals surface area contributed by atoms with Gasteiger partial charge in [-0.05, 0) is 62.1 Å². The van der Waals surface area contributed by atoms with Crippen molar-refractivity contribution in [3.8, 4) is 0 Å². The number of rotatable bonds is 6. The van der Waals surface area contributed by atoms with Gasteiger partial charge in [-0.15, -0.1) is 0 Å². The normalized spacial score (nSPS) is 21.8. The smallest absolute Gasteiger partial charge is 0.254 e. The van der Waals surface area contributed by atoms with Crippen LogP contribution in [0.3, 0.4) is 0 Å². The number of carbonyl (C=O) groups excluding carboxylic acids is 1. The second-order valence-electron chi connectivity index (χ2n) is 10.3. The number of aryl methyl sites for hydroxylation is 1. The summed E-state index contributed by atoms with van der Waals surface area (Å²) in [5.41, 5.74) is 9.68. The largest absolute Gasteiger partial charge is 0.350 e. The van der Waals surface area contributed by atoms with E-state index in [0.29, 0.717) is 24.0 Å². The molecule has 9 heteroatoms. The Morgan fingerprint density at radius 1 is 1.06 bits per heavy atom. The molecule has 188 valence electrons. The van der Waals surface area contributed by atoms with Crippen LogP contribution in [0.4, 0.5) is 17.3 Å². The first kappa shape index (κ1) is 23.0. The van der Waals surface area contributed by atoms with E-state index in [9.17, 15) is 4.79 Å². The van der Waals surface area contributed by atoms with Crippen molar-refractivity contribution in [1.82, 2.24) is 24.6 Å². The highest BCUT2D eigenvalue weighted by molar-refractivity contribution is 5.94. The number of anilines is 3. The third-order valence-corrected chi connectivity index (χ3v) is 7.80. The SMILES string of the molecule is Cn1cc(Nc2nc(N3CCC[C@H]4[C@@H]3CCCN4C(=O)c3ccc(C4CC4)cc3)cnc2CN)cn1. The number of fused-ring (bicyclic) bond motifs is 1. The van der Waals surface area contributed by atoms with E-state index in [1.165, 1.54) is 18.4 Å². The average Bonchev–Trinajstić information content (AvgIpc) is 3.69. The van der Waals surface area contributed by atoms with Crippen LogP contribution in [0.2, 0.25) is 0 Å². The Labute approximate surface area is 211 Å². The van der Waals surface area contributed by atoms with Gasteiger partial charge in [0.05, 0.1) is 35.9 Å². The highest BCUT2D eigenvalue weighted by Gasteiger charge is 2.40. The Morgan fingerprint density at radius 3 is 2.56 bits per heavy atom. The van der Waals surface area contributed by atoms with Crippen molar-refractivity contribution in [3.05, 3.63) is 59.7 Å². The maximum absolute atomic E-state index is 13.6. The number of piperidine rings is 2. The fraction of sp³-hybridized carbons (Fsp3) is 0.481. The number of nitrogens with zero attached hydrogens (tertiary/aromatic N) is 6. The highest BCUT2D eigenvalue weighted by Crippen LogP contribution is 2.40. The van der Waals surface area contributed by atoms with Crippen molar-refractivity contribution in [2.45, 2.75) is 63.1 Å². The topological polar surface area (TPSA) is 105 Å². The van der Waals surface area contributed by atoms with Gasteiger partial charge in [-0.1, -0.05) is 12.1 Å². The minimum Gasteiger partial charge on any atom is -0.350 e. The zero-order chi connectivity index (χ0) is 24.6. The van der Waals surface area contributed by atoms with E-state index in [-0.39, 0.29) is 18.0 Å².